The lowest BCUT2D eigenvalue weighted by atomic mass is 9.99. The lowest BCUT2D eigenvalue weighted by molar-refractivity contribution is 1.09. The van der Waals surface area contributed by atoms with Crippen LogP contribution in [0.2, 0.25) is 0 Å². The molecule has 0 spiro atoms. The van der Waals surface area contributed by atoms with E-state index in [0.29, 0.717) is 0 Å². The summed E-state index contributed by atoms with van der Waals surface area (Å²) in [5, 5.41) is 6.99. The van der Waals surface area contributed by atoms with Gasteiger partial charge in [0.2, 0.25) is 0 Å². The van der Waals surface area contributed by atoms with E-state index in [9.17, 15) is 0 Å². The molecule has 0 unspecified atom stereocenters. The first-order valence-electron chi connectivity index (χ1n) is 7.78. The van der Waals surface area contributed by atoms with Crippen molar-refractivity contribution in [2.24, 2.45) is 0 Å². The Morgan fingerprint density at radius 1 is 0.636 bits per heavy atom. The fraction of sp³-hybridized carbons (Fsp3) is 0.273. The maximum absolute atomic E-state index is 4.14. The van der Waals surface area contributed by atoms with Crippen LogP contribution in [0.1, 0.15) is 41.5 Å². The first kappa shape index (κ1) is 19.9. The second-order valence-corrected chi connectivity index (χ2v) is 4.76. The van der Waals surface area contributed by atoms with Crippen molar-refractivity contribution < 1.29 is 0 Å². The molecule has 0 aromatic heterocycles. The Bertz CT molecular complexity index is 728. The number of benzene rings is 3. The summed E-state index contributed by atoms with van der Waals surface area (Å²) >= 11 is 0. The van der Waals surface area contributed by atoms with E-state index < -0.39 is 0 Å². The highest BCUT2D eigenvalue weighted by Crippen LogP contribution is 2.19. The molecule has 0 saturated carbocycles. The number of hydrogen-bond acceptors (Lipinski definition) is 0. The van der Waals surface area contributed by atoms with Gasteiger partial charge in [0, 0.05) is 0 Å². The molecule has 3 rings (SSSR count). The predicted octanol–water partition coefficient (Wildman–Crippen LogP) is 5.89. The summed E-state index contributed by atoms with van der Waals surface area (Å²) in [6, 6.07) is 16.7. The molecule has 0 saturated heterocycles. The molecule has 0 heteroatoms. The molecule has 118 valence electrons. The van der Waals surface area contributed by atoms with Gasteiger partial charge in [-0.25, -0.2) is 0 Å². The smallest absolute Gasteiger partial charge is 0.00992 e. The zero-order chi connectivity index (χ0) is 15.8. The molecule has 0 nitrogen and oxygen atoms in total. The molecule has 3 aromatic carbocycles. The van der Waals surface area contributed by atoms with E-state index in [4.69, 9.17) is 0 Å². The number of hydrogen-bond donors (Lipinski definition) is 0. The molecule has 22 heavy (non-hydrogen) atoms. The summed E-state index contributed by atoms with van der Waals surface area (Å²) in [6.07, 6.45) is 1.25. The number of fused-ring (bicyclic) bond motifs is 3. The molecular formula is C22H30. The highest BCUT2D eigenvalue weighted by atomic mass is 14.0. The van der Waals surface area contributed by atoms with E-state index in [1.165, 1.54) is 28.0 Å². The van der Waals surface area contributed by atoms with Crippen LogP contribution in [0.3, 0.4) is 0 Å². The molecule has 0 atom stereocenters. The Kier molecular flexibility index (Phi) is 8.86. The van der Waals surface area contributed by atoms with Crippen molar-refractivity contribution in [1.82, 2.24) is 0 Å². The lowest BCUT2D eigenvalue weighted by Crippen LogP contribution is -2.23. The van der Waals surface area contributed by atoms with Crippen LogP contribution in [0, 0.1) is 0 Å². The molecule has 0 amide bonds. The molecule has 0 heterocycles. The average Bonchev–Trinajstić information content (AvgIpc) is 2.55. The fourth-order valence-corrected chi connectivity index (χ4v) is 2.29. The normalized spacial score (nSPS) is 9.09. The third kappa shape index (κ3) is 3.98. The van der Waals surface area contributed by atoms with Gasteiger partial charge in [-0.3, -0.25) is 0 Å². The average molecular weight is 294 g/mol. The van der Waals surface area contributed by atoms with Crippen LogP contribution in [0.4, 0.5) is 0 Å². The van der Waals surface area contributed by atoms with Crippen LogP contribution in [0.15, 0.2) is 48.5 Å². The molecule has 0 radical (unpaired) electrons. The van der Waals surface area contributed by atoms with Gasteiger partial charge in [0.1, 0.15) is 0 Å². The van der Waals surface area contributed by atoms with Crippen molar-refractivity contribution in [2.45, 2.75) is 41.5 Å². The number of rotatable bonds is 0. The van der Waals surface area contributed by atoms with Crippen LogP contribution in [-0.4, -0.2) is 0 Å². The highest BCUT2D eigenvalue weighted by molar-refractivity contribution is 6.07. The van der Waals surface area contributed by atoms with Crippen molar-refractivity contribution >= 4 is 34.7 Å². The summed E-state index contributed by atoms with van der Waals surface area (Å²) in [7, 11) is 0. The molecule has 0 N–H and O–H groups in total. The van der Waals surface area contributed by atoms with Crippen molar-refractivity contribution in [3.05, 3.63) is 59.0 Å². The maximum atomic E-state index is 4.14. The quantitative estimate of drug-likeness (QED) is 0.453. The minimum absolute atomic E-state index is 0. The van der Waals surface area contributed by atoms with Gasteiger partial charge < -0.3 is 0 Å². The summed E-state index contributed by atoms with van der Waals surface area (Å²) in [5.41, 5.74) is 0. The minimum Gasteiger partial charge on any atom is -0.0905 e. The van der Waals surface area contributed by atoms with E-state index in [2.05, 4.69) is 63.4 Å². The molecule has 0 aliphatic rings. The summed E-state index contributed by atoms with van der Waals surface area (Å²) in [4.78, 5) is 0. The fourth-order valence-electron chi connectivity index (χ4n) is 2.29. The standard InChI is InChI=1S/C16H12.C3H8.C2H6.CH4/c1-11-12(2)14-8-4-6-10-16(14)15-9-5-3-7-13(11)15;1-3-2;1-2;/h3-10H,1-2H2;3H2,1-2H3;1-2H3;1H4. The second-order valence-electron chi connectivity index (χ2n) is 4.76. The van der Waals surface area contributed by atoms with Crippen LogP contribution in [0.5, 0.6) is 0 Å². The van der Waals surface area contributed by atoms with Crippen molar-refractivity contribution in [3.63, 3.8) is 0 Å². The van der Waals surface area contributed by atoms with Crippen LogP contribution < -0.4 is 10.4 Å². The Morgan fingerprint density at radius 3 is 1.14 bits per heavy atom. The summed E-state index contributed by atoms with van der Waals surface area (Å²) in [5.74, 6) is 0. The first-order chi connectivity index (χ1) is 10.2. The Hall–Kier alpha value is -2.08. The van der Waals surface area contributed by atoms with Gasteiger partial charge >= 0.3 is 0 Å². The van der Waals surface area contributed by atoms with Gasteiger partial charge in [-0.15, -0.1) is 0 Å². The van der Waals surface area contributed by atoms with Crippen LogP contribution >= 0.6 is 0 Å². The first-order valence-corrected chi connectivity index (χ1v) is 7.78. The van der Waals surface area contributed by atoms with Gasteiger partial charge in [-0.2, -0.15) is 0 Å². The third-order valence-corrected chi connectivity index (χ3v) is 3.16. The van der Waals surface area contributed by atoms with Gasteiger partial charge in [-0.05, 0) is 32.0 Å². The van der Waals surface area contributed by atoms with Gasteiger partial charge in [0.25, 0.3) is 0 Å². The molecule has 0 aliphatic carbocycles. The zero-order valence-electron chi connectivity index (χ0n) is 13.7. The van der Waals surface area contributed by atoms with E-state index in [1.807, 2.05) is 26.0 Å². The van der Waals surface area contributed by atoms with E-state index in [-0.39, 0.29) is 7.43 Å². The molecule has 0 fully saturated rings. The molecular weight excluding hydrogens is 264 g/mol. The molecule has 0 aliphatic heterocycles. The van der Waals surface area contributed by atoms with E-state index >= 15 is 0 Å². The second kappa shape index (κ2) is 9.78. The molecule has 0 bridgehead atoms. The van der Waals surface area contributed by atoms with Gasteiger partial charge in [-0.1, -0.05) is 103 Å². The van der Waals surface area contributed by atoms with Crippen LogP contribution in [-0.2, 0) is 0 Å². The maximum Gasteiger partial charge on any atom is -0.00992 e. The summed E-state index contributed by atoms with van der Waals surface area (Å²) in [6.45, 7) is 16.5. The zero-order valence-corrected chi connectivity index (χ0v) is 13.7. The monoisotopic (exact) mass is 294 g/mol. The Labute approximate surface area is 135 Å². The highest BCUT2D eigenvalue weighted by Gasteiger charge is 2.01. The van der Waals surface area contributed by atoms with E-state index in [1.54, 1.807) is 0 Å². The van der Waals surface area contributed by atoms with Crippen molar-refractivity contribution in [2.75, 3.05) is 0 Å². The minimum atomic E-state index is 0. The topological polar surface area (TPSA) is 0 Å². The van der Waals surface area contributed by atoms with Gasteiger partial charge in [0.15, 0.2) is 0 Å². The summed E-state index contributed by atoms with van der Waals surface area (Å²) < 4.78 is 0. The van der Waals surface area contributed by atoms with Crippen LogP contribution in [0.25, 0.3) is 34.7 Å². The largest absolute Gasteiger partial charge is 0.0905 e. The van der Waals surface area contributed by atoms with Gasteiger partial charge in [0.05, 0.1) is 0 Å². The van der Waals surface area contributed by atoms with Crippen molar-refractivity contribution in [3.8, 4) is 0 Å². The predicted molar refractivity (Wildman–Crippen MR) is 106 cm³/mol. The third-order valence-electron chi connectivity index (χ3n) is 3.16. The lowest BCUT2D eigenvalue weighted by Gasteiger charge is -2.05. The molecule has 3 aromatic rings. The Balaban J connectivity index is 0.000000663. The van der Waals surface area contributed by atoms with E-state index in [0.717, 1.165) is 10.4 Å². The SMILES string of the molecule is C.C=c1c(=C)c2ccccc2c2ccccc12.CC.CCC. The Morgan fingerprint density at radius 2 is 0.864 bits per heavy atom. The van der Waals surface area contributed by atoms with Crippen molar-refractivity contribution in [1.29, 1.82) is 0 Å².